The molecule has 0 saturated heterocycles. The van der Waals surface area contributed by atoms with Crippen LogP contribution >= 0.6 is 23.4 Å². The second kappa shape index (κ2) is 6.11. The number of nitrogens with zero attached hydrogens (tertiary/aromatic N) is 3. The van der Waals surface area contributed by atoms with Gasteiger partial charge in [-0.05, 0) is 29.8 Å². The molecule has 0 aliphatic heterocycles. The molecule has 1 aromatic heterocycles. The molecule has 1 unspecified atom stereocenters. The lowest BCUT2D eigenvalue weighted by Crippen LogP contribution is -2.07. The summed E-state index contributed by atoms with van der Waals surface area (Å²) in [5, 5.41) is 5.06. The zero-order chi connectivity index (χ0) is 13.8. The minimum Gasteiger partial charge on any atom is -0.235 e. The zero-order valence-corrected chi connectivity index (χ0v) is 12.1. The van der Waals surface area contributed by atoms with E-state index in [2.05, 4.69) is 22.2 Å². The van der Waals surface area contributed by atoms with E-state index in [1.807, 2.05) is 47.1 Å². The Morgan fingerprint density at radius 3 is 2.40 bits per heavy atom. The maximum atomic E-state index is 5.93. The number of hydrogen-bond acceptors (Lipinski definition) is 3. The Labute approximate surface area is 126 Å². The summed E-state index contributed by atoms with van der Waals surface area (Å²) in [5.74, 6) is 0. The van der Waals surface area contributed by atoms with Crippen LogP contribution in [0.3, 0.4) is 0 Å². The van der Waals surface area contributed by atoms with Crippen molar-refractivity contribution in [3.8, 4) is 0 Å². The highest BCUT2D eigenvalue weighted by Gasteiger charge is 2.15. The third kappa shape index (κ3) is 3.03. The maximum Gasteiger partial charge on any atom is 0.137 e. The number of benzene rings is 2. The van der Waals surface area contributed by atoms with Crippen molar-refractivity contribution >= 4 is 23.4 Å². The molecule has 0 amide bonds. The van der Waals surface area contributed by atoms with Crippen LogP contribution in [0.15, 0.2) is 72.1 Å². The van der Waals surface area contributed by atoms with Gasteiger partial charge in [0.25, 0.3) is 0 Å². The minimum absolute atomic E-state index is 0.0554. The van der Waals surface area contributed by atoms with E-state index in [-0.39, 0.29) is 5.37 Å². The lowest BCUT2D eigenvalue weighted by atomic mass is 10.2. The molecule has 2 aromatic carbocycles. The van der Waals surface area contributed by atoms with Gasteiger partial charge in [-0.3, -0.25) is 0 Å². The molecule has 3 nitrogen and oxygen atoms in total. The molecule has 1 heterocycles. The largest absolute Gasteiger partial charge is 0.235 e. The van der Waals surface area contributed by atoms with Gasteiger partial charge in [-0.1, -0.05) is 53.7 Å². The van der Waals surface area contributed by atoms with E-state index in [0.29, 0.717) is 0 Å². The van der Waals surface area contributed by atoms with Crippen LogP contribution < -0.4 is 0 Å². The van der Waals surface area contributed by atoms with E-state index < -0.39 is 0 Å². The summed E-state index contributed by atoms with van der Waals surface area (Å²) < 4.78 is 1.86. The molecular formula is C15H12ClN3S. The minimum atomic E-state index is 0.0554. The van der Waals surface area contributed by atoms with E-state index in [1.54, 1.807) is 24.4 Å². The van der Waals surface area contributed by atoms with Crippen LogP contribution in [0, 0.1) is 0 Å². The summed E-state index contributed by atoms with van der Waals surface area (Å²) >= 11 is 7.64. The fourth-order valence-electron chi connectivity index (χ4n) is 1.87. The van der Waals surface area contributed by atoms with Gasteiger partial charge in [-0.2, -0.15) is 5.10 Å². The second-order valence-corrected chi connectivity index (χ2v) is 5.80. The van der Waals surface area contributed by atoms with Gasteiger partial charge >= 0.3 is 0 Å². The topological polar surface area (TPSA) is 30.7 Å². The predicted octanol–water partition coefficient (Wildman–Crippen LogP) is 4.27. The van der Waals surface area contributed by atoms with Crippen LogP contribution in [-0.2, 0) is 0 Å². The highest BCUT2D eigenvalue weighted by molar-refractivity contribution is 7.99. The molecule has 1 atom stereocenters. The van der Waals surface area contributed by atoms with Crippen molar-refractivity contribution in [3.05, 3.63) is 77.8 Å². The van der Waals surface area contributed by atoms with Crippen molar-refractivity contribution in [3.63, 3.8) is 0 Å². The van der Waals surface area contributed by atoms with Gasteiger partial charge in [-0.25, -0.2) is 9.67 Å². The molecule has 0 radical (unpaired) electrons. The summed E-state index contributed by atoms with van der Waals surface area (Å²) in [5.41, 5.74) is 1.18. The zero-order valence-electron chi connectivity index (χ0n) is 10.6. The van der Waals surface area contributed by atoms with E-state index in [4.69, 9.17) is 11.6 Å². The second-order valence-electron chi connectivity index (χ2n) is 4.21. The third-order valence-corrected chi connectivity index (χ3v) is 4.33. The highest BCUT2D eigenvalue weighted by Crippen LogP contribution is 2.36. The average molecular weight is 302 g/mol. The van der Waals surface area contributed by atoms with Crippen LogP contribution in [0.5, 0.6) is 0 Å². The van der Waals surface area contributed by atoms with Crippen molar-refractivity contribution in [1.29, 1.82) is 0 Å². The van der Waals surface area contributed by atoms with Crippen LogP contribution in [0.2, 0.25) is 5.02 Å². The van der Waals surface area contributed by atoms with Crippen molar-refractivity contribution in [2.75, 3.05) is 0 Å². The molecule has 0 saturated carbocycles. The number of halogens is 1. The van der Waals surface area contributed by atoms with E-state index in [1.165, 1.54) is 5.56 Å². The molecule has 5 heteroatoms. The van der Waals surface area contributed by atoms with Gasteiger partial charge in [0.05, 0.1) is 0 Å². The van der Waals surface area contributed by atoms with Crippen molar-refractivity contribution < 1.29 is 0 Å². The first kappa shape index (κ1) is 13.2. The Bertz CT molecular complexity index is 653. The standard InChI is InChI=1S/C15H12ClN3S/c16-13-6-8-14(9-7-13)20-15(19-11-17-10-18-19)12-4-2-1-3-5-12/h1-11,15H. The van der Waals surface area contributed by atoms with Gasteiger partial charge < -0.3 is 0 Å². The normalized spacial score (nSPS) is 12.2. The quantitative estimate of drug-likeness (QED) is 0.674. The molecule has 0 aliphatic carbocycles. The fraction of sp³-hybridized carbons (Fsp3) is 0.0667. The Kier molecular flexibility index (Phi) is 4.04. The van der Waals surface area contributed by atoms with Crippen LogP contribution in [-0.4, -0.2) is 14.8 Å². The van der Waals surface area contributed by atoms with E-state index in [9.17, 15) is 0 Å². The molecule has 20 heavy (non-hydrogen) atoms. The van der Waals surface area contributed by atoms with Gasteiger partial charge in [0.1, 0.15) is 18.0 Å². The van der Waals surface area contributed by atoms with Gasteiger partial charge in [0.15, 0.2) is 0 Å². The lowest BCUT2D eigenvalue weighted by Gasteiger charge is -2.17. The molecule has 3 rings (SSSR count). The first-order valence-electron chi connectivity index (χ1n) is 6.14. The summed E-state index contributed by atoms with van der Waals surface area (Å²) in [6.45, 7) is 0. The van der Waals surface area contributed by atoms with Gasteiger partial charge in [0, 0.05) is 9.92 Å². The van der Waals surface area contributed by atoms with Crippen LogP contribution in [0.25, 0.3) is 0 Å². The van der Waals surface area contributed by atoms with Gasteiger partial charge in [0.2, 0.25) is 0 Å². The Morgan fingerprint density at radius 1 is 1.00 bits per heavy atom. The van der Waals surface area contributed by atoms with E-state index in [0.717, 1.165) is 9.92 Å². The third-order valence-electron chi connectivity index (χ3n) is 2.82. The number of thioether (sulfide) groups is 1. The molecule has 0 spiro atoms. The van der Waals surface area contributed by atoms with E-state index >= 15 is 0 Å². The summed E-state index contributed by atoms with van der Waals surface area (Å²) in [6, 6.07) is 18.1. The molecular weight excluding hydrogens is 290 g/mol. The molecule has 3 aromatic rings. The Hall–Kier alpha value is -1.78. The Morgan fingerprint density at radius 2 is 1.75 bits per heavy atom. The molecule has 0 fully saturated rings. The number of hydrogen-bond donors (Lipinski definition) is 0. The monoisotopic (exact) mass is 301 g/mol. The summed E-state index contributed by atoms with van der Waals surface area (Å²) in [7, 11) is 0. The first-order valence-corrected chi connectivity index (χ1v) is 7.40. The average Bonchev–Trinajstić information content (AvgIpc) is 3.01. The predicted molar refractivity (Wildman–Crippen MR) is 81.9 cm³/mol. The van der Waals surface area contributed by atoms with Crippen LogP contribution in [0.1, 0.15) is 10.9 Å². The molecule has 100 valence electrons. The highest BCUT2D eigenvalue weighted by atomic mass is 35.5. The van der Waals surface area contributed by atoms with Crippen molar-refractivity contribution in [1.82, 2.24) is 14.8 Å². The Balaban J connectivity index is 1.92. The number of aromatic nitrogens is 3. The number of rotatable bonds is 4. The summed E-state index contributed by atoms with van der Waals surface area (Å²) in [6.07, 6.45) is 3.29. The molecule has 0 N–H and O–H groups in total. The van der Waals surface area contributed by atoms with Gasteiger partial charge in [-0.15, -0.1) is 0 Å². The summed E-state index contributed by atoms with van der Waals surface area (Å²) in [4.78, 5) is 5.18. The van der Waals surface area contributed by atoms with Crippen LogP contribution in [0.4, 0.5) is 0 Å². The SMILES string of the molecule is Clc1ccc(SC(c2ccccc2)n2cncn2)cc1. The smallest absolute Gasteiger partial charge is 0.137 e. The first-order chi connectivity index (χ1) is 9.83. The van der Waals surface area contributed by atoms with Crippen molar-refractivity contribution in [2.24, 2.45) is 0 Å². The fourth-order valence-corrected chi connectivity index (χ4v) is 3.06. The molecule has 0 bridgehead atoms. The lowest BCUT2D eigenvalue weighted by molar-refractivity contribution is 0.668. The van der Waals surface area contributed by atoms with Crippen molar-refractivity contribution in [2.45, 2.75) is 10.3 Å². The molecule has 0 aliphatic rings. The maximum absolute atomic E-state index is 5.93.